The standard InChI is InChI=1S/C13H22N4O/c1-18-8-10(7-14)17-13-11-5-3-2-4-6-12(11)15-9-16-13/h9-10H,2-8,14H2,1H3,(H,15,16,17). The Bertz CT molecular complexity index is 383. The molecule has 0 saturated heterocycles. The number of fused-ring (bicyclic) bond motifs is 1. The maximum Gasteiger partial charge on any atom is 0.133 e. The third-order valence-corrected chi connectivity index (χ3v) is 3.37. The van der Waals surface area contributed by atoms with Gasteiger partial charge in [0.15, 0.2) is 0 Å². The Morgan fingerprint density at radius 3 is 2.94 bits per heavy atom. The fraction of sp³-hybridized carbons (Fsp3) is 0.692. The van der Waals surface area contributed by atoms with Crippen molar-refractivity contribution in [3.63, 3.8) is 0 Å². The van der Waals surface area contributed by atoms with E-state index in [4.69, 9.17) is 10.5 Å². The molecule has 5 heteroatoms. The van der Waals surface area contributed by atoms with Crippen molar-refractivity contribution in [2.24, 2.45) is 5.73 Å². The number of methoxy groups -OCH3 is 1. The topological polar surface area (TPSA) is 73.1 Å². The smallest absolute Gasteiger partial charge is 0.133 e. The van der Waals surface area contributed by atoms with E-state index in [0.29, 0.717) is 13.2 Å². The first-order chi connectivity index (χ1) is 8.85. The zero-order chi connectivity index (χ0) is 12.8. The second-order valence-electron chi connectivity index (χ2n) is 4.74. The molecule has 2 rings (SSSR count). The molecule has 1 aliphatic carbocycles. The Morgan fingerprint density at radius 1 is 1.33 bits per heavy atom. The number of aromatic nitrogens is 2. The normalized spacial score (nSPS) is 16.8. The van der Waals surface area contributed by atoms with E-state index in [0.717, 1.165) is 18.7 Å². The monoisotopic (exact) mass is 250 g/mol. The molecule has 0 aliphatic heterocycles. The highest BCUT2D eigenvalue weighted by molar-refractivity contribution is 5.47. The summed E-state index contributed by atoms with van der Waals surface area (Å²) in [5.74, 6) is 0.939. The second kappa shape index (κ2) is 6.66. The van der Waals surface area contributed by atoms with Gasteiger partial charge in [0, 0.05) is 24.9 Å². The number of anilines is 1. The van der Waals surface area contributed by atoms with Gasteiger partial charge in [-0.05, 0) is 25.7 Å². The van der Waals surface area contributed by atoms with E-state index >= 15 is 0 Å². The SMILES string of the molecule is COCC(CN)Nc1ncnc2c1CCCCC2. The number of nitrogens with zero attached hydrogens (tertiary/aromatic N) is 2. The van der Waals surface area contributed by atoms with Gasteiger partial charge in [0.05, 0.1) is 12.6 Å². The molecular formula is C13H22N4O. The van der Waals surface area contributed by atoms with Crippen molar-refractivity contribution in [3.8, 4) is 0 Å². The van der Waals surface area contributed by atoms with Crippen LogP contribution in [0.1, 0.15) is 30.5 Å². The Morgan fingerprint density at radius 2 is 2.17 bits per heavy atom. The quantitative estimate of drug-likeness (QED) is 0.766. The summed E-state index contributed by atoms with van der Waals surface area (Å²) in [6, 6.07) is 0.109. The highest BCUT2D eigenvalue weighted by atomic mass is 16.5. The summed E-state index contributed by atoms with van der Waals surface area (Å²) < 4.78 is 5.15. The van der Waals surface area contributed by atoms with E-state index < -0.39 is 0 Å². The molecule has 5 nitrogen and oxygen atoms in total. The largest absolute Gasteiger partial charge is 0.383 e. The highest BCUT2D eigenvalue weighted by Crippen LogP contribution is 2.24. The van der Waals surface area contributed by atoms with Crippen molar-refractivity contribution in [1.29, 1.82) is 0 Å². The van der Waals surface area contributed by atoms with Crippen LogP contribution in [-0.2, 0) is 17.6 Å². The molecule has 18 heavy (non-hydrogen) atoms. The first kappa shape index (κ1) is 13.2. The summed E-state index contributed by atoms with van der Waals surface area (Å²) in [5, 5.41) is 3.38. The molecular weight excluding hydrogens is 228 g/mol. The molecule has 0 radical (unpaired) electrons. The summed E-state index contributed by atoms with van der Waals surface area (Å²) >= 11 is 0. The van der Waals surface area contributed by atoms with Crippen LogP contribution in [-0.4, -0.2) is 36.3 Å². The van der Waals surface area contributed by atoms with E-state index in [1.807, 2.05) is 0 Å². The second-order valence-corrected chi connectivity index (χ2v) is 4.74. The summed E-state index contributed by atoms with van der Waals surface area (Å²) in [6.07, 6.45) is 7.47. The lowest BCUT2D eigenvalue weighted by Gasteiger charge is -2.19. The molecule has 0 fully saturated rings. The van der Waals surface area contributed by atoms with Crippen molar-refractivity contribution in [2.45, 2.75) is 38.1 Å². The predicted octanol–water partition coefficient (Wildman–Crippen LogP) is 1.13. The average Bonchev–Trinajstić information content (AvgIpc) is 2.64. The molecule has 0 spiro atoms. The van der Waals surface area contributed by atoms with Gasteiger partial charge in [0.2, 0.25) is 0 Å². The fourth-order valence-corrected chi connectivity index (χ4v) is 2.39. The number of nitrogens with one attached hydrogen (secondary N) is 1. The van der Waals surface area contributed by atoms with Gasteiger partial charge in [-0.1, -0.05) is 6.42 Å². The molecule has 1 aliphatic rings. The zero-order valence-electron chi connectivity index (χ0n) is 11.0. The predicted molar refractivity (Wildman–Crippen MR) is 71.6 cm³/mol. The van der Waals surface area contributed by atoms with Crippen molar-refractivity contribution < 1.29 is 4.74 Å². The maximum absolute atomic E-state index is 5.73. The van der Waals surface area contributed by atoms with Crippen molar-refractivity contribution in [2.75, 3.05) is 25.6 Å². The van der Waals surface area contributed by atoms with Crippen LogP contribution in [0.5, 0.6) is 0 Å². The van der Waals surface area contributed by atoms with Gasteiger partial charge in [0.25, 0.3) is 0 Å². The molecule has 100 valence electrons. The minimum Gasteiger partial charge on any atom is -0.383 e. The number of aryl methyl sites for hydroxylation is 1. The molecule has 0 amide bonds. The summed E-state index contributed by atoms with van der Waals surface area (Å²) in [4.78, 5) is 8.78. The molecule has 1 aromatic heterocycles. The minimum atomic E-state index is 0.109. The molecule has 0 saturated carbocycles. The molecule has 1 heterocycles. The Kier molecular flexibility index (Phi) is 4.90. The minimum absolute atomic E-state index is 0.109. The Balaban J connectivity index is 2.17. The van der Waals surface area contributed by atoms with Gasteiger partial charge < -0.3 is 15.8 Å². The fourth-order valence-electron chi connectivity index (χ4n) is 2.39. The Hall–Kier alpha value is -1.20. The lowest BCUT2D eigenvalue weighted by Crippen LogP contribution is -2.34. The molecule has 1 aromatic rings. The van der Waals surface area contributed by atoms with E-state index in [2.05, 4.69) is 15.3 Å². The van der Waals surface area contributed by atoms with Crippen LogP contribution in [0, 0.1) is 0 Å². The van der Waals surface area contributed by atoms with E-state index in [1.165, 1.54) is 30.5 Å². The van der Waals surface area contributed by atoms with Crippen LogP contribution in [0.25, 0.3) is 0 Å². The molecule has 0 bridgehead atoms. The molecule has 3 N–H and O–H groups in total. The van der Waals surface area contributed by atoms with Crippen molar-refractivity contribution in [3.05, 3.63) is 17.6 Å². The first-order valence-corrected chi connectivity index (χ1v) is 6.63. The molecule has 1 unspecified atom stereocenters. The lowest BCUT2D eigenvalue weighted by molar-refractivity contribution is 0.187. The third kappa shape index (κ3) is 3.17. The number of nitrogens with two attached hydrogens (primary N) is 1. The Labute approximate surface area is 108 Å². The van der Waals surface area contributed by atoms with Gasteiger partial charge in [-0.25, -0.2) is 9.97 Å². The van der Waals surface area contributed by atoms with Crippen LogP contribution >= 0.6 is 0 Å². The van der Waals surface area contributed by atoms with Crippen molar-refractivity contribution >= 4 is 5.82 Å². The summed E-state index contributed by atoms with van der Waals surface area (Å²) in [5.41, 5.74) is 8.19. The zero-order valence-corrected chi connectivity index (χ0v) is 11.0. The van der Waals surface area contributed by atoms with Gasteiger partial charge >= 0.3 is 0 Å². The van der Waals surface area contributed by atoms with Gasteiger partial charge in [-0.15, -0.1) is 0 Å². The molecule has 1 atom stereocenters. The van der Waals surface area contributed by atoms with Crippen LogP contribution in [0.3, 0.4) is 0 Å². The van der Waals surface area contributed by atoms with Crippen molar-refractivity contribution in [1.82, 2.24) is 9.97 Å². The number of hydrogen-bond acceptors (Lipinski definition) is 5. The summed E-state index contributed by atoms with van der Waals surface area (Å²) in [6.45, 7) is 1.13. The number of ether oxygens (including phenoxy) is 1. The van der Waals surface area contributed by atoms with Gasteiger partial charge in [0.1, 0.15) is 12.1 Å². The van der Waals surface area contributed by atoms with Gasteiger partial charge in [-0.3, -0.25) is 0 Å². The first-order valence-electron chi connectivity index (χ1n) is 6.63. The highest BCUT2D eigenvalue weighted by Gasteiger charge is 2.16. The van der Waals surface area contributed by atoms with Crippen LogP contribution < -0.4 is 11.1 Å². The van der Waals surface area contributed by atoms with Gasteiger partial charge in [-0.2, -0.15) is 0 Å². The van der Waals surface area contributed by atoms with Crippen LogP contribution in [0.15, 0.2) is 6.33 Å². The van der Waals surface area contributed by atoms with Crippen LogP contribution in [0.4, 0.5) is 5.82 Å². The molecule has 0 aromatic carbocycles. The van der Waals surface area contributed by atoms with E-state index in [-0.39, 0.29) is 6.04 Å². The number of hydrogen-bond donors (Lipinski definition) is 2. The summed E-state index contributed by atoms with van der Waals surface area (Å²) in [7, 11) is 1.69. The third-order valence-electron chi connectivity index (χ3n) is 3.37. The average molecular weight is 250 g/mol. The van der Waals surface area contributed by atoms with E-state index in [9.17, 15) is 0 Å². The lowest BCUT2D eigenvalue weighted by atomic mass is 10.1. The van der Waals surface area contributed by atoms with Crippen LogP contribution in [0.2, 0.25) is 0 Å². The van der Waals surface area contributed by atoms with E-state index in [1.54, 1.807) is 13.4 Å². The number of rotatable bonds is 5. The maximum atomic E-state index is 5.73.